The molecule has 1 aromatic carbocycles. The van der Waals surface area contributed by atoms with E-state index in [-0.39, 0.29) is 11.5 Å². The summed E-state index contributed by atoms with van der Waals surface area (Å²) in [5, 5.41) is 2.90. The summed E-state index contributed by atoms with van der Waals surface area (Å²) >= 11 is 0. The number of anilines is 1. The average Bonchev–Trinajstić information content (AvgIpc) is 3.21. The molecule has 1 N–H and O–H groups in total. The highest BCUT2D eigenvalue weighted by molar-refractivity contribution is 6.06. The second kappa shape index (κ2) is 5.82. The zero-order chi connectivity index (χ0) is 16.6. The van der Waals surface area contributed by atoms with Gasteiger partial charge >= 0.3 is 0 Å². The van der Waals surface area contributed by atoms with Gasteiger partial charge in [0.15, 0.2) is 0 Å². The van der Waals surface area contributed by atoms with Crippen LogP contribution in [0.3, 0.4) is 0 Å². The molecule has 0 saturated heterocycles. The summed E-state index contributed by atoms with van der Waals surface area (Å²) in [4.78, 5) is 16.7. The van der Waals surface area contributed by atoms with Crippen LogP contribution in [-0.4, -0.2) is 23.6 Å². The normalized spacial score (nSPS) is 17.4. The van der Waals surface area contributed by atoms with Crippen molar-refractivity contribution in [2.45, 2.75) is 37.7 Å². The molecule has 1 aliphatic heterocycles. The topological polar surface area (TPSA) is 60.5 Å². The molecule has 2 heterocycles. The number of carbonyl (C=O) groups is 1. The lowest BCUT2D eigenvalue weighted by molar-refractivity contribution is 0.0953. The molecule has 24 heavy (non-hydrogen) atoms. The van der Waals surface area contributed by atoms with Crippen molar-refractivity contribution >= 4 is 11.6 Å². The first-order valence-electron chi connectivity index (χ1n) is 8.31. The first kappa shape index (κ1) is 15.0. The van der Waals surface area contributed by atoms with Gasteiger partial charge in [0.05, 0.1) is 12.7 Å². The van der Waals surface area contributed by atoms with Gasteiger partial charge in [-0.3, -0.25) is 9.78 Å². The summed E-state index contributed by atoms with van der Waals surface area (Å²) in [5.74, 6) is 1.31. The van der Waals surface area contributed by atoms with Gasteiger partial charge in [-0.2, -0.15) is 0 Å². The number of nitrogens with one attached hydrogen (secondary N) is 1. The Balaban J connectivity index is 1.68. The number of aromatic nitrogens is 1. The van der Waals surface area contributed by atoms with Crippen LogP contribution in [0.4, 0.5) is 5.69 Å². The van der Waals surface area contributed by atoms with Crippen molar-refractivity contribution in [2.24, 2.45) is 0 Å². The number of benzene rings is 1. The Morgan fingerprint density at radius 1 is 1.21 bits per heavy atom. The van der Waals surface area contributed by atoms with Crippen molar-refractivity contribution < 1.29 is 14.3 Å². The molecule has 1 spiro atoms. The molecule has 0 bridgehead atoms. The fourth-order valence-electron chi connectivity index (χ4n) is 3.77. The number of hydrogen-bond donors (Lipinski definition) is 1. The Morgan fingerprint density at radius 3 is 2.67 bits per heavy atom. The number of methoxy groups -OCH3 is 1. The quantitative estimate of drug-likeness (QED) is 0.937. The van der Waals surface area contributed by atoms with E-state index in [1.165, 1.54) is 12.8 Å². The van der Waals surface area contributed by atoms with Crippen molar-refractivity contribution in [1.82, 2.24) is 4.98 Å². The lowest BCUT2D eigenvalue weighted by Crippen LogP contribution is -2.30. The van der Waals surface area contributed by atoms with Gasteiger partial charge in [-0.1, -0.05) is 0 Å². The van der Waals surface area contributed by atoms with E-state index in [4.69, 9.17) is 9.47 Å². The number of nitrogens with zero attached hydrogens (tertiary/aromatic N) is 1. The molecule has 1 fully saturated rings. The van der Waals surface area contributed by atoms with Gasteiger partial charge < -0.3 is 14.8 Å². The lowest BCUT2D eigenvalue weighted by atomic mass is 9.94. The number of hydrogen-bond acceptors (Lipinski definition) is 4. The SMILES string of the molecule is COc1ccc(C(=O)Nc2ccncc2)c2c1CC1(CCCC1)O2. The molecular weight excluding hydrogens is 304 g/mol. The van der Waals surface area contributed by atoms with Crippen LogP contribution in [0.1, 0.15) is 41.6 Å². The van der Waals surface area contributed by atoms with Crippen LogP contribution in [-0.2, 0) is 6.42 Å². The Morgan fingerprint density at radius 2 is 1.96 bits per heavy atom. The Labute approximate surface area is 141 Å². The lowest BCUT2D eigenvalue weighted by Gasteiger charge is -2.22. The fraction of sp³-hybridized carbons (Fsp3) is 0.368. The van der Waals surface area contributed by atoms with E-state index in [1.807, 2.05) is 6.07 Å². The zero-order valence-electron chi connectivity index (χ0n) is 13.7. The maximum Gasteiger partial charge on any atom is 0.259 e. The monoisotopic (exact) mass is 324 g/mol. The van der Waals surface area contributed by atoms with Gasteiger partial charge in [-0.25, -0.2) is 0 Å². The van der Waals surface area contributed by atoms with Gasteiger partial charge in [0, 0.05) is 30.1 Å². The standard InChI is InChI=1S/C19H20N2O3/c1-23-16-5-4-14(18(22)21-13-6-10-20-11-7-13)17-15(16)12-19(24-17)8-2-3-9-19/h4-7,10-11H,2-3,8-9,12H2,1H3,(H,20,21,22). The summed E-state index contributed by atoms with van der Waals surface area (Å²) in [7, 11) is 1.66. The summed E-state index contributed by atoms with van der Waals surface area (Å²) in [6, 6.07) is 7.17. The van der Waals surface area contributed by atoms with Gasteiger partial charge in [0.1, 0.15) is 17.1 Å². The van der Waals surface area contributed by atoms with Crippen LogP contribution in [0, 0.1) is 0 Å². The zero-order valence-corrected chi connectivity index (χ0v) is 13.7. The molecule has 5 nitrogen and oxygen atoms in total. The van der Waals surface area contributed by atoms with Crippen LogP contribution in [0.2, 0.25) is 0 Å². The third kappa shape index (κ3) is 2.50. The molecule has 5 heteroatoms. The molecular formula is C19H20N2O3. The molecule has 1 amide bonds. The predicted octanol–water partition coefficient (Wildman–Crippen LogP) is 3.59. The van der Waals surface area contributed by atoms with Crippen molar-refractivity contribution in [3.63, 3.8) is 0 Å². The van der Waals surface area contributed by atoms with E-state index in [2.05, 4.69) is 10.3 Å². The Hall–Kier alpha value is -2.56. The Bertz CT molecular complexity index is 768. The van der Waals surface area contributed by atoms with E-state index < -0.39 is 0 Å². The average molecular weight is 324 g/mol. The van der Waals surface area contributed by atoms with Gasteiger partial charge in [-0.15, -0.1) is 0 Å². The maximum atomic E-state index is 12.7. The summed E-state index contributed by atoms with van der Waals surface area (Å²) in [6.07, 6.45) is 8.55. The van der Waals surface area contributed by atoms with E-state index in [0.717, 1.165) is 30.6 Å². The van der Waals surface area contributed by atoms with Crippen LogP contribution in [0.25, 0.3) is 0 Å². The number of amides is 1. The van der Waals surface area contributed by atoms with Crippen molar-refractivity contribution in [3.8, 4) is 11.5 Å². The van der Waals surface area contributed by atoms with Crippen molar-refractivity contribution in [2.75, 3.05) is 12.4 Å². The summed E-state index contributed by atoms with van der Waals surface area (Å²) in [6.45, 7) is 0. The minimum Gasteiger partial charge on any atom is -0.496 e. The largest absolute Gasteiger partial charge is 0.496 e. The number of carbonyl (C=O) groups excluding carboxylic acids is 1. The molecule has 2 aromatic rings. The number of fused-ring (bicyclic) bond motifs is 1. The third-order valence-corrected chi connectivity index (χ3v) is 4.95. The highest BCUT2D eigenvalue weighted by Gasteiger charge is 2.44. The van der Waals surface area contributed by atoms with Crippen molar-refractivity contribution in [3.05, 3.63) is 47.8 Å². The van der Waals surface area contributed by atoms with E-state index in [0.29, 0.717) is 17.0 Å². The summed E-state index contributed by atoms with van der Waals surface area (Å²) < 4.78 is 11.8. The first-order chi connectivity index (χ1) is 11.7. The molecule has 0 atom stereocenters. The minimum atomic E-state index is -0.171. The number of pyridine rings is 1. The first-order valence-corrected chi connectivity index (χ1v) is 8.31. The number of ether oxygens (including phenoxy) is 2. The van der Waals surface area contributed by atoms with Gasteiger partial charge in [0.2, 0.25) is 0 Å². The van der Waals surface area contributed by atoms with Gasteiger partial charge in [-0.05, 0) is 49.9 Å². The molecule has 1 aliphatic carbocycles. The molecule has 1 saturated carbocycles. The molecule has 4 rings (SSSR count). The third-order valence-electron chi connectivity index (χ3n) is 4.95. The highest BCUT2D eigenvalue weighted by Crippen LogP contribution is 2.49. The fourth-order valence-corrected chi connectivity index (χ4v) is 3.77. The smallest absolute Gasteiger partial charge is 0.259 e. The van der Waals surface area contributed by atoms with Crippen LogP contribution in [0.15, 0.2) is 36.7 Å². The molecule has 124 valence electrons. The van der Waals surface area contributed by atoms with Crippen LogP contribution in [0.5, 0.6) is 11.5 Å². The highest BCUT2D eigenvalue weighted by atomic mass is 16.5. The minimum absolute atomic E-state index is 0.150. The predicted molar refractivity (Wildman–Crippen MR) is 90.7 cm³/mol. The van der Waals surface area contributed by atoms with Crippen LogP contribution >= 0.6 is 0 Å². The second-order valence-corrected chi connectivity index (χ2v) is 6.48. The van der Waals surface area contributed by atoms with Crippen molar-refractivity contribution in [1.29, 1.82) is 0 Å². The molecule has 0 radical (unpaired) electrons. The Kier molecular flexibility index (Phi) is 3.63. The molecule has 1 aromatic heterocycles. The summed E-state index contributed by atoms with van der Waals surface area (Å²) in [5.41, 5.74) is 2.14. The van der Waals surface area contributed by atoms with E-state index in [1.54, 1.807) is 37.7 Å². The maximum absolute atomic E-state index is 12.7. The van der Waals surface area contributed by atoms with Gasteiger partial charge in [0.25, 0.3) is 5.91 Å². The van der Waals surface area contributed by atoms with E-state index in [9.17, 15) is 4.79 Å². The second-order valence-electron chi connectivity index (χ2n) is 6.48. The van der Waals surface area contributed by atoms with Crippen LogP contribution < -0.4 is 14.8 Å². The number of rotatable bonds is 3. The molecule has 2 aliphatic rings. The van der Waals surface area contributed by atoms with E-state index >= 15 is 0 Å². The molecule has 0 unspecified atom stereocenters.